The lowest BCUT2D eigenvalue weighted by Crippen LogP contribution is -2.46. The van der Waals surface area contributed by atoms with E-state index in [9.17, 15) is 9.59 Å². The quantitative estimate of drug-likeness (QED) is 0.308. The van der Waals surface area contributed by atoms with Crippen LogP contribution < -0.4 is 4.90 Å². The molecule has 6 nitrogen and oxygen atoms in total. The van der Waals surface area contributed by atoms with Crippen LogP contribution in [0.1, 0.15) is 84.0 Å². The Hall–Kier alpha value is -3.15. The monoisotopic (exact) mass is 502 g/mol. The summed E-state index contributed by atoms with van der Waals surface area (Å²) >= 11 is 0. The number of amides is 2. The van der Waals surface area contributed by atoms with Gasteiger partial charge < -0.3 is 14.4 Å². The predicted molar refractivity (Wildman–Crippen MR) is 151 cm³/mol. The second kappa shape index (κ2) is 11.9. The van der Waals surface area contributed by atoms with Gasteiger partial charge in [-0.05, 0) is 69.4 Å². The van der Waals surface area contributed by atoms with Gasteiger partial charge in [0.05, 0.1) is 11.0 Å². The van der Waals surface area contributed by atoms with Gasteiger partial charge in [0.25, 0.3) is 0 Å². The fourth-order valence-electron chi connectivity index (χ4n) is 5.46. The summed E-state index contributed by atoms with van der Waals surface area (Å²) in [4.78, 5) is 35.7. The van der Waals surface area contributed by atoms with E-state index in [-0.39, 0.29) is 36.4 Å². The van der Waals surface area contributed by atoms with E-state index in [0.717, 1.165) is 41.8 Å². The maximum atomic E-state index is 13.7. The highest BCUT2D eigenvalue weighted by Gasteiger charge is 2.35. The molecule has 3 aromatic rings. The molecule has 1 fully saturated rings. The van der Waals surface area contributed by atoms with Crippen LogP contribution in [0.4, 0.5) is 5.69 Å². The minimum absolute atomic E-state index is 0.0619. The van der Waals surface area contributed by atoms with Crippen molar-refractivity contribution in [3.05, 3.63) is 59.9 Å². The van der Waals surface area contributed by atoms with Gasteiger partial charge in [0, 0.05) is 36.7 Å². The third-order valence-corrected chi connectivity index (χ3v) is 7.95. The summed E-state index contributed by atoms with van der Waals surface area (Å²) in [6, 6.07) is 16.7. The molecule has 37 heavy (non-hydrogen) atoms. The number of unbranched alkanes of at least 4 members (excludes halogenated alkanes) is 1. The zero-order valence-corrected chi connectivity index (χ0v) is 23.1. The Kier molecular flexibility index (Phi) is 8.67. The second-order valence-corrected chi connectivity index (χ2v) is 10.5. The molecule has 3 atom stereocenters. The number of carbonyl (C=O) groups is 2. The molecule has 0 aliphatic carbocycles. The highest BCUT2D eigenvalue weighted by molar-refractivity contribution is 5.96. The van der Waals surface area contributed by atoms with Crippen LogP contribution in [0.2, 0.25) is 0 Å². The summed E-state index contributed by atoms with van der Waals surface area (Å²) in [6.07, 6.45) is 5.63. The van der Waals surface area contributed by atoms with Gasteiger partial charge in [-0.15, -0.1) is 0 Å². The molecular weight excluding hydrogens is 460 g/mol. The van der Waals surface area contributed by atoms with Crippen LogP contribution in [-0.2, 0) is 22.6 Å². The number of anilines is 1. The van der Waals surface area contributed by atoms with Crippen LogP contribution in [0.5, 0.6) is 0 Å². The number of imidazole rings is 1. The Morgan fingerprint density at radius 1 is 1.03 bits per heavy atom. The lowest BCUT2D eigenvalue weighted by atomic mass is 10.1. The molecule has 198 valence electrons. The Morgan fingerprint density at radius 2 is 1.70 bits per heavy atom. The van der Waals surface area contributed by atoms with E-state index in [1.807, 2.05) is 34.1 Å². The van der Waals surface area contributed by atoms with Crippen molar-refractivity contribution < 1.29 is 9.59 Å². The average Bonchev–Trinajstić information content (AvgIpc) is 3.48. The highest BCUT2D eigenvalue weighted by Crippen LogP contribution is 2.33. The number of rotatable bonds is 11. The Balaban J connectivity index is 1.62. The topological polar surface area (TPSA) is 58.4 Å². The molecule has 0 saturated carbocycles. The number of hydrogen-bond donors (Lipinski definition) is 0. The first-order valence-corrected chi connectivity index (χ1v) is 14.0. The summed E-state index contributed by atoms with van der Waals surface area (Å²) in [6.45, 7) is 11.5. The third-order valence-electron chi connectivity index (χ3n) is 7.95. The molecule has 0 spiro atoms. The highest BCUT2D eigenvalue weighted by atomic mass is 16.2. The van der Waals surface area contributed by atoms with Crippen molar-refractivity contribution in [3.8, 4) is 0 Å². The zero-order valence-electron chi connectivity index (χ0n) is 23.1. The normalized spacial score (nSPS) is 17.4. The first kappa shape index (κ1) is 26.9. The number of benzene rings is 2. The smallest absolute Gasteiger partial charge is 0.243 e. The number of hydrogen-bond acceptors (Lipinski definition) is 3. The standard InChI is InChI=1S/C31H42N4O2/c1-6-9-12-24-15-17-26(18-16-24)33-20-25(19-29(33)36)31-32-27-13-10-11-14-28(27)34(31)21-30(37)35(22(4)7-2)23(5)8-3/h10-11,13-18,22-23,25H,6-9,12,19-21H2,1-5H3. The molecule has 2 heterocycles. The van der Waals surface area contributed by atoms with Gasteiger partial charge >= 0.3 is 0 Å². The van der Waals surface area contributed by atoms with Crippen molar-refractivity contribution in [2.45, 2.75) is 97.7 Å². The fraction of sp³-hybridized carbons (Fsp3) is 0.516. The summed E-state index contributed by atoms with van der Waals surface area (Å²) < 4.78 is 2.06. The first-order chi connectivity index (χ1) is 17.9. The summed E-state index contributed by atoms with van der Waals surface area (Å²) in [5.74, 6) is 0.986. The molecule has 1 aromatic heterocycles. The molecule has 2 aromatic carbocycles. The van der Waals surface area contributed by atoms with Crippen molar-refractivity contribution in [3.63, 3.8) is 0 Å². The maximum Gasteiger partial charge on any atom is 0.243 e. The van der Waals surface area contributed by atoms with E-state index < -0.39 is 0 Å². The van der Waals surface area contributed by atoms with E-state index in [1.165, 1.54) is 18.4 Å². The van der Waals surface area contributed by atoms with Crippen LogP contribution in [0.25, 0.3) is 11.0 Å². The zero-order chi connectivity index (χ0) is 26.5. The largest absolute Gasteiger partial charge is 0.336 e. The van der Waals surface area contributed by atoms with E-state index in [2.05, 4.69) is 63.5 Å². The maximum absolute atomic E-state index is 13.7. The number of aryl methyl sites for hydroxylation is 1. The van der Waals surface area contributed by atoms with Gasteiger partial charge in [0.1, 0.15) is 12.4 Å². The lowest BCUT2D eigenvalue weighted by molar-refractivity contribution is -0.136. The SMILES string of the molecule is CCCCc1ccc(N2CC(c3nc4ccccc4n3CC(=O)N(C(C)CC)C(C)CC)CC2=O)cc1. The molecule has 1 saturated heterocycles. The van der Waals surface area contributed by atoms with E-state index in [4.69, 9.17) is 4.98 Å². The summed E-state index contributed by atoms with van der Waals surface area (Å²) in [7, 11) is 0. The van der Waals surface area contributed by atoms with Crippen molar-refractivity contribution in [2.75, 3.05) is 11.4 Å². The Morgan fingerprint density at radius 3 is 2.35 bits per heavy atom. The third kappa shape index (κ3) is 5.73. The van der Waals surface area contributed by atoms with Gasteiger partial charge in [-0.2, -0.15) is 0 Å². The number of para-hydroxylation sites is 2. The molecule has 3 unspecified atom stereocenters. The minimum Gasteiger partial charge on any atom is -0.336 e. The molecule has 0 bridgehead atoms. The predicted octanol–water partition coefficient (Wildman–Crippen LogP) is 6.33. The van der Waals surface area contributed by atoms with E-state index in [1.54, 1.807) is 0 Å². The van der Waals surface area contributed by atoms with Crippen LogP contribution in [0.15, 0.2) is 48.5 Å². The Labute approximate surface area is 221 Å². The second-order valence-electron chi connectivity index (χ2n) is 10.5. The molecule has 6 heteroatoms. The van der Waals surface area contributed by atoms with Crippen molar-refractivity contribution >= 4 is 28.5 Å². The van der Waals surface area contributed by atoms with Crippen LogP contribution >= 0.6 is 0 Å². The molecular formula is C31H42N4O2. The Bertz CT molecular complexity index is 1210. The van der Waals surface area contributed by atoms with Crippen molar-refractivity contribution in [2.24, 2.45) is 0 Å². The van der Waals surface area contributed by atoms with E-state index in [0.29, 0.717) is 13.0 Å². The summed E-state index contributed by atoms with van der Waals surface area (Å²) in [5.41, 5.74) is 4.06. The molecule has 2 amide bonds. The van der Waals surface area contributed by atoms with Crippen molar-refractivity contribution in [1.82, 2.24) is 14.5 Å². The number of nitrogens with zero attached hydrogens (tertiary/aromatic N) is 4. The average molecular weight is 503 g/mol. The van der Waals surface area contributed by atoms with Crippen LogP contribution in [-0.4, -0.2) is 44.9 Å². The van der Waals surface area contributed by atoms with Gasteiger partial charge in [0.2, 0.25) is 11.8 Å². The van der Waals surface area contributed by atoms with Gasteiger partial charge in [-0.3, -0.25) is 9.59 Å². The van der Waals surface area contributed by atoms with Gasteiger partial charge in [-0.25, -0.2) is 4.98 Å². The molecule has 1 aliphatic rings. The molecule has 4 rings (SSSR count). The lowest BCUT2D eigenvalue weighted by Gasteiger charge is -2.34. The van der Waals surface area contributed by atoms with Gasteiger partial charge in [0.15, 0.2) is 0 Å². The first-order valence-electron chi connectivity index (χ1n) is 14.0. The molecule has 0 N–H and O–H groups in total. The van der Waals surface area contributed by atoms with Gasteiger partial charge in [-0.1, -0.05) is 51.5 Å². The molecule has 1 aliphatic heterocycles. The van der Waals surface area contributed by atoms with Crippen LogP contribution in [0, 0.1) is 0 Å². The number of carbonyl (C=O) groups excluding carboxylic acids is 2. The number of aromatic nitrogens is 2. The minimum atomic E-state index is -0.0619. The van der Waals surface area contributed by atoms with Crippen LogP contribution in [0.3, 0.4) is 0 Å². The van der Waals surface area contributed by atoms with E-state index >= 15 is 0 Å². The fourth-order valence-corrected chi connectivity index (χ4v) is 5.46. The molecule has 0 radical (unpaired) electrons. The van der Waals surface area contributed by atoms with Crippen molar-refractivity contribution in [1.29, 1.82) is 0 Å². The summed E-state index contributed by atoms with van der Waals surface area (Å²) in [5, 5.41) is 0. The number of fused-ring (bicyclic) bond motifs is 1.